The molecule has 1 unspecified atom stereocenters. The largest absolute Gasteiger partial charge is 0.382 e. The summed E-state index contributed by atoms with van der Waals surface area (Å²) in [6, 6.07) is 9.53. The second-order valence-corrected chi connectivity index (χ2v) is 6.58. The zero-order chi connectivity index (χ0) is 14.5. The molecular formula is C18H29N3. The van der Waals surface area contributed by atoms with Gasteiger partial charge in [0.15, 0.2) is 0 Å². The minimum atomic E-state index is 0.688. The summed E-state index contributed by atoms with van der Waals surface area (Å²) in [6.07, 6.45) is 8.12. The Hall–Kier alpha value is -1.22. The van der Waals surface area contributed by atoms with Crippen molar-refractivity contribution in [2.45, 2.75) is 44.6 Å². The van der Waals surface area contributed by atoms with Gasteiger partial charge in [0.1, 0.15) is 0 Å². The molecule has 1 atom stereocenters. The van der Waals surface area contributed by atoms with Gasteiger partial charge in [0, 0.05) is 25.7 Å². The highest BCUT2D eigenvalue weighted by molar-refractivity contribution is 5.70. The molecule has 2 saturated heterocycles. The van der Waals surface area contributed by atoms with Gasteiger partial charge in [0.05, 0.1) is 11.4 Å². The van der Waals surface area contributed by atoms with Crippen molar-refractivity contribution >= 4 is 11.4 Å². The molecule has 2 aliphatic rings. The van der Waals surface area contributed by atoms with Gasteiger partial charge in [-0.15, -0.1) is 0 Å². The van der Waals surface area contributed by atoms with E-state index in [1.165, 1.54) is 69.5 Å². The van der Waals surface area contributed by atoms with Gasteiger partial charge in [-0.25, -0.2) is 0 Å². The topological polar surface area (TPSA) is 18.5 Å². The Morgan fingerprint density at radius 1 is 1.00 bits per heavy atom. The lowest BCUT2D eigenvalue weighted by atomic mass is 10.0. The molecule has 2 fully saturated rings. The highest BCUT2D eigenvalue weighted by atomic mass is 15.2. The predicted molar refractivity (Wildman–Crippen MR) is 91.3 cm³/mol. The van der Waals surface area contributed by atoms with E-state index in [2.05, 4.69) is 46.4 Å². The molecule has 2 heterocycles. The molecule has 21 heavy (non-hydrogen) atoms. The molecule has 1 aromatic carbocycles. The number of benzene rings is 1. The van der Waals surface area contributed by atoms with Crippen LogP contribution >= 0.6 is 0 Å². The minimum Gasteiger partial charge on any atom is -0.382 e. The maximum atomic E-state index is 3.73. The van der Waals surface area contributed by atoms with Crippen molar-refractivity contribution in [3.05, 3.63) is 24.3 Å². The number of likely N-dealkylation sites (N-methyl/N-ethyl adjacent to an activating group) is 1. The molecule has 1 aromatic rings. The molecule has 0 aliphatic carbocycles. The normalized spacial score (nSPS) is 24.0. The summed E-state index contributed by atoms with van der Waals surface area (Å²) in [5, 5.41) is 3.73. The van der Waals surface area contributed by atoms with Gasteiger partial charge < -0.3 is 15.1 Å². The molecule has 3 heteroatoms. The van der Waals surface area contributed by atoms with E-state index in [1.54, 1.807) is 0 Å². The Kier molecular flexibility index (Phi) is 5.02. The molecule has 0 bridgehead atoms. The Morgan fingerprint density at radius 3 is 2.57 bits per heavy atom. The number of para-hydroxylation sites is 2. The molecule has 0 amide bonds. The fraction of sp³-hybridized carbons (Fsp3) is 0.667. The number of anilines is 2. The lowest BCUT2D eigenvalue weighted by Gasteiger charge is -2.34. The number of hydrogen-bond acceptors (Lipinski definition) is 3. The number of nitrogens with zero attached hydrogens (tertiary/aromatic N) is 2. The first-order chi connectivity index (χ1) is 10.3. The van der Waals surface area contributed by atoms with Crippen LogP contribution in [0.25, 0.3) is 0 Å². The smallest absolute Gasteiger partial charge is 0.0602 e. The van der Waals surface area contributed by atoms with E-state index in [0.29, 0.717) is 6.04 Å². The van der Waals surface area contributed by atoms with Gasteiger partial charge in [-0.2, -0.15) is 0 Å². The summed E-state index contributed by atoms with van der Waals surface area (Å²) in [5.74, 6) is 0. The number of nitrogens with one attached hydrogen (secondary N) is 1. The average molecular weight is 287 g/mol. The zero-order valence-electron chi connectivity index (χ0n) is 13.4. The van der Waals surface area contributed by atoms with Crippen LogP contribution in [-0.4, -0.2) is 44.2 Å². The molecule has 0 spiro atoms. The van der Waals surface area contributed by atoms with Gasteiger partial charge in [-0.3, -0.25) is 0 Å². The van der Waals surface area contributed by atoms with E-state index < -0.39 is 0 Å². The van der Waals surface area contributed by atoms with Crippen LogP contribution in [-0.2, 0) is 0 Å². The van der Waals surface area contributed by atoms with Gasteiger partial charge in [0.2, 0.25) is 0 Å². The minimum absolute atomic E-state index is 0.688. The van der Waals surface area contributed by atoms with Gasteiger partial charge >= 0.3 is 0 Å². The highest BCUT2D eigenvalue weighted by Crippen LogP contribution is 2.28. The Balaban J connectivity index is 1.64. The van der Waals surface area contributed by atoms with Crippen LogP contribution in [0, 0.1) is 0 Å². The zero-order valence-corrected chi connectivity index (χ0v) is 13.4. The summed E-state index contributed by atoms with van der Waals surface area (Å²) >= 11 is 0. The summed E-state index contributed by atoms with van der Waals surface area (Å²) in [7, 11) is 2.27. The number of rotatable bonds is 4. The molecule has 1 N–H and O–H groups in total. The standard InChI is InChI=1S/C18H29N3/c1-20-12-8-5-9-16(20)15-19-17-10-3-4-11-18(17)21-13-6-2-7-14-21/h3-4,10-11,16,19H,2,5-9,12-15H2,1H3. The molecule has 2 aliphatic heterocycles. The van der Waals surface area contributed by atoms with E-state index in [-0.39, 0.29) is 0 Å². The van der Waals surface area contributed by atoms with Crippen LogP contribution in [0.3, 0.4) is 0 Å². The van der Waals surface area contributed by atoms with Crippen LogP contribution in [0.15, 0.2) is 24.3 Å². The highest BCUT2D eigenvalue weighted by Gasteiger charge is 2.19. The van der Waals surface area contributed by atoms with Crippen LogP contribution < -0.4 is 10.2 Å². The monoisotopic (exact) mass is 287 g/mol. The first kappa shape index (κ1) is 14.7. The SMILES string of the molecule is CN1CCCCC1CNc1ccccc1N1CCCCC1. The first-order valence-corrected chi connectivity index (χ1v) is 8.63. The van der Waals surface area contributed by atoms with Crippen molar-refractivity contribution in [1.29, 1.82) is 0 Å². The fourth-order valence-electron chi connectivity index (χ4n) is 3.66. The quantitative estimate of drug-likeness (QED) is 0.913. The molecule has 116 valence electrons. The third kappa shape index (κ3) is 3.70. The third-order valence-electron chi connectivity index (χ3n) is 5.05. The van der Waals surface area contributed by atoms with E-state index in [4.69, 9.17) is 0 Å². The predicted octanol–water partition coefficient (Wildman–Crippen LogP) is 3.57. The van der Waals surface area contributed by atoms with Crippen LogP contribution in [0.2, 0.25) is 0 Å². The van der Waals surface area contributed by atoms with Crippen LogP contribution in [0.5, 0.6) is 0 Å². The summed E-state index contributed by atoms with van der Waals surface area (Å²) in [6.45, 7) is 4.74. The van der Waals surface area contributed by atoms with Crippen LogP contribution in [0.1, 0.15) is 38.5 Å². The molecular weight excluding hydrogens is 258 g/mol. The van der Waals surface area contributed by atoms with E-state index in [0.717, 1.165) is 6.54 Å². The van der Waals surface area contributed by atoms with Crippen molar-refractivity contribution < 1.29 is 0 Å². The van der Waals surface area contributed by atoms with Crippen molar-refractivity contribution in [2.24, 2.45) is 0 Å². The second kappa shape index (κ2) is 7.17. The first-order valence-electron chi connectivity index (χ1n) is 8.63. The molecule has 3 nitrogen and oxygen atoms in total. The number of hydrogen-bond donors (Lipinski definition) is 1. The van der Waals surface area contributed by atoms with E-state index in [1.807, 2.05) is 0 Å². The van der Waals surface area contributed by atoms with Crippen LogP contribution in [0.4, 0.5) is 11.4 Å². The summed E-state index contributed by atoms with van der Waals surface area (Å²) < 4.78 is 0. The number of likely N-dealkylation sites (tertiary alicyclic amines) is 1. The Labute approximate surface area is 129 Å². The molecule has 3 rings (SSSR count). The third-order valence-corrected chi connectivity index (χ3v) is 5.05. The average Bonchev–Trinajstić information content (AvgIpc) is 2.55. The molecule has 0 aromatic heterocycles. The summed E-state index contributed by atoms with van der Waals surface area (Å²) in [4.78, 5) is 5.07. The van der Waals surface area contributed by atoms with Gasteiger partial charge in [-0.1, -0.05) is 18.6 Å². The number of piperidine rings is 2. The summed E-state index contributed by atoms with van der Waals surface area (Å²) in [5.41, 5.74) is 2.72. The van der Waals surface area contributed by atoms with E-state index >= 15 is 0 Å². The van der Waals surface area contributed by atoms with E-state index in [9.17, 15) is 0 Å². The molecule has 0 saturated carbocycles. The van der Waals surface area contributed by atoms with Crippen molar-refractivity contribution in [1.82, 2.24) is 4.90 Å². The lowest BCUT2D eigenvalue weighted by Crippen LogP contribution is -2.41. The Bertz CT molecular complexity index is 440. The van der Waals surface area contributed by atoms with Gasteiger partial charge in [-0.05, 0) is 57.8 Å². The lowest BCUT2D eigenvalue weighted by molar-refractivity contribution is 0.194. The van der Waals surface area contributed by atoms with Crippen molar-refractivity contribution in [3.8, 4) is 0 Å². The van der Waals surface area contributed by atoms with Gasteiger partial charge in [0.25, 0.3) is 0 Å². The van der Waals surface area contributed by atoms with Crippen molar-refractivity contribution in [3.63, 3.8) is 0 Å². The second-order valence-electron chi connectivity index (χ2n) is 6.58. The van der Waals surface area contributed by atoms with Crippen molar-refractivity contribution in [2.75, 3.05) is 43.4 Å². The maximum absolute atomic E-state index is 3.73. The molecule has 0 radical (unpaired) electrons. The maximum Gasteiger partial charge on any atom is 0.0602 e. The Morgan fingerprint density at radius 2 is 1.76 bits per heavy atom. The fourth-order valence-corrected chi connectivity index (χ4v) is 3.66.